The van der Waals surface area contributed by atoms with Gasteiger partial charge in [-0.25, -0.2) is 9.59 Å². The van der Waals surface area contributed by atoms with E-state index in [1.165, 1.54) is 0 Å². The minimum Gasteiger partial charge on any atom is -0.504 e. The Morgan fingerprint density at radius 2 is 1.25 bits per heavy atom. The second kappa shape index (κ2) is 4.07. The van der Waals surface area contributed by atoms with Gasteiger partial charge in [0.1, 0.15) is 10.6 Å². The molecule has 1 rings (SSSR count). The highest BCUT2D eigenvalue weighted by atomic mass is 35.5. The number of phenols is 2. The van der Waals surface area contributed by atoms with Crippen LogP contribution in [0.2, 0.25) is 10.0 Å². The Kier molecular flexibility index (Phi) is 3.16. The zero-order valence-corrected chi connectivity index (χ0v) is 8.87. The topological polar surface area (TPSA) is 115 Å². The highest BCUT2D eigenvalue weighted by Crippen LogP contribution is 2.44. The van der Waals surface area contributed by atoms with E-state index in [9.17, 15) is 19.8 Å². The molecule has 0 atom stereocenters. The summed E-state index contributed by atoms with van der Waals surface area (Å²) in [6.45, 7) is 0. The van der Waals surface area contributed by atoms with Gasteiger partial charge in [0.2, 0.25) is 0 Å². The van der Waals surface area contributed by atoms with Gasteiger partial charge in [0.15, 0.2) is 11.5 Å². The zero-order valence-electron chi connectivity index (χ0n) is 7.36. The standard InChI is InChI=1S/C8H4Cl2O6/c9-3-1(7(13)14)2(8(15)16)5(11)6(12)4(3)10/h11-12H,(H,13,14)(H,15,16). The van der Waals surface area contributed by atoms with E-state index in [0.29, 0.717) is 0 Å². The summed E-state index contributed by atoms with van der Waals surface area (Å²) in [5, 5.41) is 34.6. The van der Waals surface area contributed by atoms with E-state index in [0.717, 1.165) is 0 Å². The van der Waals surface area contributed by atoms with Crippen molar-refractivity contribution in [2.45, 2.75) is 0 Å². The summed E-state index contributed by atoms with van der Waals surface area (Å²) in [5.41, 5.74) is -1.89. The Labute approximate surface area is 98.3 Å². The predicted octanol–water partition coefficient (Wildman–Crippen LogP) is 1.80. The Morgan fingerprint density at radius 3 is 1.62 bits per heavy atom. The fraction of sp³-hybridized carbons (Fsp3) is 0. The molecule has 0 aliphatic rings. The number of benzene rings is 1. The van der Waals surface area contributed by atoms with Crippen molar-refractivity contribution in [1.82, 2.24) is 0 Å². The summed E-state index contributed by atoms with van der Waals surface area (Å²) in [6.07, 6.45) is 0. The Hall–Kier alpha value is -1.66. The van der Waals surface area contributed by atoms with Gasteiger partial charge >= 0.3 is 11.9 Å². The largest absolute Gasteiger partial charge is 0.504 e. The number of hydrogen-bond donors (Lipinski definition) is 4. The molecule has 0 amide bonds. The average Bonchev–Trinajstić information content (AvgIpc) is 2.18. The molecule has 0 unspecified atom stereocenters. The molecule has 0 aliphatic carbocycles. The fourth-order valence-electron chi connectivity index (χ4n) is 1.07. The molecule has 8 heteroatoms. The van der Waals surface area contributed by atoms with E-state index >= 15 is 0 Å². The first-order chi connectivity index (χ1) is 7.29. The Bertz CT molecular complexity index is 451. The van der Waals surface area contributed by atoms with Crippen LogP contribution < -0.4 is 0 Å². The predicted molar refractivity (Wildman–Crippen MR) is 53.7 cm³/mol. The van der Waals surface area contributed by atoms with Crippen molar-refractivity contribution in [2.24, 2.45) is 0 Å². The first-order valence-corrected chi connectivity index (χ1v) is 4.44. The number of hydrogen-bond acceptors (Lipinski definition) is 4. The van der Waals surface area contributed by atoms with Crippen molar-refractivity contribution in [3.8, 4) is 11.5 Å². The maximum absolute atomic E-state index is 10.8. The van der Waals surface area contributed by atoms with Crippen molar-refractivity contribution in [3.05, 3.63) is 21.2 Å². The Balaban J connectivity index is 3.83. The van der Waals surface area contributed by atoms with Crippen LogP contribution in [-0.2, 0) is 0 Å². The van der Waals surface area contributed by atoms with Crippen molar-refractivity contribution in [1.29, 1.82) is 0 Å². The molecule has 0 aromatic heterocycles. The van der Waals surface area contributed by atoms with Crippen LogP contribution in [0.15, 0.2) is 0 Å². The molecule has 16 heavy (non-hydrogen) atoms. The second-order valence-corrected chi connectivity index (χ2v) is 3.44. The first-order valence-electron chi connectivity index (χ1n) is 3.68. The summed E-state index contributed by atoms with van der Waals surface area (Å²) in [7, 11) is 0. The van der Waals surface area contributed by atoms with E-state index < -0.39 is 44.6 Å². The lowest BCUT2D eigenvalue weighted by Gasteiger charge is -2.10. The van der Waals surface area contributed by atoms with E-state index in [4.69, 9.17) is 33.4 Å². The van der Waals surface area contributed by atoms with Crippen molar-refractivity contribution in [3.63, 3.8) is 0 Å². The first kappa shape index (κ1) is 12.4. The van der Waals surface area contributed by atoms with Gasteiger partial charge in [-0.3, -0.25) is 0 Å². The number of rotatable bonds is 2. The van der Waals surface area contributed by atoms with E-state index in [1.54, 1.807) is 0 Å². The molecular weight excluding hydrogens is 263 g/mol. The molecule has 1 aromatic rings. The summed E-state index contributed by atoms with van der Waals surface area (Å²) in [4.78, 5) is 21.5. The summed E-state index contributed by atoms with van der Waals surface area (Å²) < 4.78 is 0. The van der Waals surface area contributed by atoms with Crippen LogP contribution in [-0.4, -0.2) is 32.4 Å². The highest BCUT2D eigenvalue weighted by Gasteiger charge is 2.29. The number of aromatic carboxylic acids is 2. The van der Waals surface area contributed by atoms with Gasteiger partial charge in [-0.1, -0.05) is 23.2 Å². The Morgan fingerprint density at radius 1 is 0.812 bits per heavy atom. The van der Waals surface area contributed by atoms with Gasteiger partial charge in [0.05, 0.1) is 10.6 Å². The molecular formula is C8H4Cl2O6. The monoisotopic (exact) mass is 266 g/mol. The van der Waals surface area contributed by atoms with Gasteiger partial charge in [-0.2, -0.15) is 0 Å². The molecule has 0 spiro atoms. The lowest BCUT2D eigenvalue weighted by atomic mass is 10.1. The van der Waals surface area contributed by atoms with Gasteiger partial charge in [0.25, 0.3) is 0 Å². The van der Waals surface area contributed by atoms with Gasteiger partial charge in [-0.15, -0.1) is 0 Å². The SMILES string of the molecule is O=C(O)c1c(O)c(O)c(Cl)c(Cl)c1C(=O)O. The zero-order chi connectivity index (χ0) is 12.6. The van der Waals surface area contributed by atoms with Crippen LogP contribution in [0.5, 0.6) is 11.5 Å². The molecule has 4 N–H and O–H groups in total. The normalized spacial score (nSPS) is 10.1. The van der Waals surface area contributed by atoms with E-state index in [2.05, 4.69) is 0 Å². The van der Waals surface area contributed by atoms with Crippen LogP contribution >= 0.6 is 23.2 Å². The lowest BCUT2D eigenvalue weighted by Crippen LogP contribution is -2.09. The highest BCUT2D eigenvalue weighted by molar-refractivity contribution is 6.45. The van der Waals surface area contributed by atoms with Crippen molar-refractivity contribution in [2.75, 3.05) is 0 Å². The number of carboxylic acids is 2. The van der Waals surface area contributed by atoms with Crippen LogP contribution in [0, 0.1) is 0 Å². The maximum atomic E-state index is 10.8. The van der Waals surface area contributed by atoms with Gasteiger partial charge in [-0.05, 0) is 0 Å². The second-order valence-electron chi connectivity index (χ2n) is 2.69. The van der Waals surface area contributed by atoms with Crippen LogP contribution in [0.25, 0.3) is 0 Å². The smallest absolute Gasteiger partial charge is 0.340 e. The number of aromatic hydroxyl groups is 2. The third kappa shape index (κ3) is 1.72. The third-order valence-electron chi connectivity index (χ3n) is 1.76. The summed E-state index contributed by atoms with van der Waals surface area (Å²) in [6, 6.07) is 0. The fourth-order valence-corrected chi connectivity index (χ4v) is 1.52. The number of carboxylic acid groups (broad SMARTS) is 2. The minimum absolute atomic E-state index is 0.624. The average molecular weight is 267 g/mol. The van der Waals surface area contributed by atoms with Crippen LogP contribution in [0.3, 0.4) is 0 Å². The summed E-state index contributed by atoms with van der Waals surface area (Å²) in [5.74, 6) is -5.54. The molecule has 1 aromatic carbocycles. The third-order valence-corrected chi connectivity index (χ3v) is 2.60. The van der Waals surface area contributed by atoms with E-state index in [1.807, 2.05) is 0 Å². The molecule has 0 heterocycles. The van der Waals surface area contributed by atoms with Crippen molar-refractivity contribution >= 4 is 35.1 Å². The molecule has 0 fully saturated rings. The molecule has 0 aliphatic heterocycles. The lowest BCUT2D eigenvalue weighted by molar-refractivity contribution is 0.0648. The van der Waals surface area contributed by atoms with Crippen LogP contribution in [0.4, 0.5) is 0 Å². The number of halogens is 2. The molecule has 86 valence electrons. The molecule has 0 radical (unpaired) electrons. The number of phenolic OH excluding ortho intramolecular Hbond substituents is 1. The molecule has 6 nitrogen and oxygen atoms in total. The van der Waals surface area contributed by atoms with E-state index in [-0.39, 0.29) is 0 Å². The van der Waals surface area contributed by atoms with Gasteiger partial charge in [0, 0.05) is 0 Å². The number of carbonyl (C=O) groups is 2. The van der Waals surface area contributed by atoms with Gasteiger partial charge < -0.3 is 20.4 Å². The molecule has 0 bridgehead atoms. The summed E-state index contributed by atoms with van der Waals surface area (Å²) >= 11 is 10.9. The maximum Gasteiger partial charge on any atom is 0.340 e. The van der Waals surface area contributed by atoms with Crippen molar-refractivity contribution < 1.29 is 30.0 Å². The van der Waals surface area contributed by atoms with Crippen LogP contribution in [0.1, 0.15) is 20.7 Å². The molecule has 0 saturated heterocycles. The quantitative estimate of drug-likeness (QED) is 0.607. The molecule has 0 saturated carbocycles. The minimum atomic E-state index is -1.75.